The Bertz CT molecular complexity index is 712. The van der Waals surface area contributed by atoms with Crippen LogP contribution in [0, 0.1) is 0 Å². The summed E-state index contributed by atoms with van der Waals surface area (Å²) in [6.45, 7) is 0. The second-order valence-electron chi connectivity index (χ2n) is 3.97. The summed E-state index contributed by atoms with van der Waals surface area (Å²) >= 11 is 29.5. The molecular formula is C14H5Cl5O2. The first-order valence-corrected chi connectivity index (χ1v) is 7.40. The fraction of sp³-hybridized carbons (Fsp3) is 0. The molecule has 7 heteroatoms. The number of benzene rings is 2. The molecular weight excluding hydrogens is 377 g/mol. The number of carbonyl (C=O) groups excluding carboxylic acids is 2. The fourth-order valence-corrected chi connectivity index (χ4v) is 2.95. The third kappa shape index (κ3) is 3.05. The zero-order chi connectivity index (χ0) is 15.7. The highest BCUT2D eigenvalue weighted by Gasteiger charge is 2.28. The largest absolute Gasteiger partial charge is 0.285 e. The molecule has 0 saturated carbocycles. The van der Waals surface area contributed by atoms with E-state index in [0.29, 0.717) is 0 Å². The van der Waals surface area contributed by atoms with Gasteiger partial charge in [0.1, 0.15) is 0 Å². The maximum atomic E-state index is 12.3. The minimum atomic E-state index is -0.906. The van der Waals surface area contributed by atoms with Crippen LogP contribution in [0.5, 0.6) is 0 Å². The molecule has 0 aliphatic heterocycles. The molecule has 2 rings (SSSR count). The van der Waals surface area contributed by atoms with Crippen molar-refractivity contribution in [2.24, 2.45) is 0 Å². The van der Waals surface area contributed by atoms with Crippen LogP contribution in [0.25, 0.3) is 0 Å². The molecule has 0 spiro atoms. The maximum absolute atomic E-state index is 12.3. The topological polar surface area (TPSA) is 34.1 Å². The van der Waals surface area contributed by atoms with E-state index in [-0.39, 0.29) is 36.2 Å². The summed E-state index contributed by atoms with van der Waals surface area (Å²) in [7, 11) is 0. The molecule has 2 aromatic carbocycles. The van der Waals surface area contributed by atoms with Crippen LogP contribution in [-0.2, 0) is 0 Å². The summed E-state index contributed by atoms with van der Waals surface area (Å²) in [6.07, 6.45) is 0. The minimum Gasteiger partial charge on any atom is -0.285 e. The van der Waals surface area contributed by atoms with E-state index in [2.05, 4.69) is 0 Å². The second kappa shape index (κ2) is 6.55. The summed E-state index contributed by atoms with van der Waals surface area (Å²) in [5.74, 6) is -1.68. The Kier molecular flexibility index (Phi) is 5.18. The third-order valence-electron chi connectivity index (χ3n) is 2.68. The van der Waals surface area contributed by atoms with Gasteiger partial charge in [0.2, 0.25) is 11.6 Å². The van der Waals surface area contributed by atoms with Crippen LogP contribution in [0.4, 0.5) is 0 Å². The van der Waals surface area contributed by atoms with Crippen LogP contribution in [0.3, 0.4) is 0 Å². The van der Waals surface area contributed by atoms with Gasteiger partial charge < -0.3 is 0 Å². The van der Waals surface area contributed by atoms with Crippen molar-refractivity contribution in [3.63, 3.8) is 0 Å². The predicted molar refractivity (Wildman–Crippen MR) is 86.6 cm³/mol. The van der Waals surface area contributed by atoms with E-state index in [1.807, 2.05) is 0 Å². The van der Waals surface area contributed by atoms with Crippen molar-refractivity contribution >= 4 is 69.6 Å². The van der Waals surface area contributed by atoms with Gasteiger partial charge >= 0.3 is 0 Å². The van der Waals surface area contributed by atoms with E-state index in [4.69, 9.17) is 58.0 Å². The molecule has 2 aromatic rings. The molecule has 0 saturated heterocycles. The minimum absolute atomic E-state index is 0.0722. The number of hydrogen-bond acceptors (Lipinski definition) is 2. The van der Waals surface area contributed by atoms with E-state index in [9.17, 15) is 9.59 Å². The van der Waals surface area contributed by atoms with Crippen molar-refractivity contribution in [1.29, 1.82) is 0 Å². The molecule has 0 radical (unpaired) electrons. The van der Waals surface area contributed by atoms with Gasteiger partial charge in [-0.25, -0.2) is 0 Å². The average Bonchev–Trinajstić information content (AvgIpc) is 2.51. The lowest BCUT2D eigenvalue weighted by Crippen LogP contribution is -2.16. The number of ketones is 2. The van der Waals surface area contributed by atoms with Gasteiger partial charge in [0, 0.05) is 5.56 Å². The van der Waals surface area contributed by atoms with E-state index < -0.39 is 11.6 Å². The Morgan fingerprint density at radius 2 is 1.05 bits per heavy atom. The first kappa shape index (κ1) is 16.6. The van der Waals surface area contributed by atoms with Crippen LogP contribution in [-0.4, -0.2) is 11.6 Å². The van der Waals surface area contributed by atoms with Crippen LogP contribution < -0.4 is 0 Å². The van der Waals surface area contributed by atoms with Crippen LogP contribution in [0.2, 0.25) is 25.1 Å². The van der Waals surface area contributed by atoms with E-state index >= 15 is 0 Å². The molecule has 0 fully saturated rings. The molecule has 2 nitrogen and oxygen atoms in total. The molecule has 0 N–H and O–H groups in total. The van der Waals surface area contributed by atoms with Gasteiger partial charge in [0.05, 0.1) is 30.7 Å². The monoisotopic (exact) mass is 380 g/mol. The fourth-order valence-electron chi connectivity index (χ4n) is 1.64. The zero-order valence-electron chi connectivity index (χ0n) is 10.1. The SMILES string of the molecule is O=C(C(=O)c1c(Cl)c(Cl)c(Cl)c(Cl)c1Cl)c1ccccc1. The van der Waals surface area contributed by atoms with Gasteiger partial charge in [0.15, 0.2) is 0 Å². The molecule has 0 aliphatic rings. The van der Waals surface area contributed by atoms with Crippen molar-refractivity contribution in [3.8, 4) is 0 Å². The Morgan fingerprint density at radius 1 is 0.619 bits per heavy atom. The number of halogens is 5. The standard InChI is InChI=1S/C14H5Cl5O2/c15-8-7(9(16)11(18)12(19)10(8)17)14(21)13(20)6-4-2-1-3-5-6/h1-5H. The second-order valence-corrected chi connectivity index (χ2v) is 5.86. The number of rotatable bonds is 3. The molecule has 0 bridgehead atoms. The Labute approximate surface area is 145 Å². The number of Topliss-reactive ketones (excluding diaryl/α,β-unsaturated/α-hetero) is 2. The lowest BCUT2D eigenvalue weighted by molar-refractivity contribution is 0.0817. The van der Waals surface area contributed by atoms with Gasteiger partial charge in [-0.15, -0.1) is 0 Å². The first-order chi connectivity index (χ1) is 9.86. The summed E-state index contributed by atoms with van der Waals surface area (Å²) < 4.78 is 0. The average molecular weight is 382 g/mol. The molecule has 0 unspecified atom stereocenters. The van der Waals surface area contributed by atoms with Crippen molar-refractivity contribution < 1.29 is 9.59 Å². The Morgan fingerprint density at radius 3 is 1.52 bits per heavy atom. The Balaban J connectivity index is 2.58. The molecule has 0 atom stereocenters. The smallest absolute Gasteiger partial charge is 0.236 e. The highest BCUT2D eigenvalue weighted by molar-refractivity contribution is 6.60. The Hall–Kier alpha value is -0.770. The summed E-state index contributed by atoms with van der Waals surface area (Å²) in [6, 6.07) is 7.98. The predicted octanol–water partition coefficient (Wildman–Crippen LogP) is 6.02. The van der Waals surface area contributed by atoms with Gasteiger partial charge in [-0.1, -0.05) is 88.3 Å². The van der Waals surface area contributed by atoms with Crippen molar-refractivity contribution in [1.82, 2.24) is 0 Å². The molecule has 0 heterocycles. The molecule has 0 amide bonds. The normalized spacial score (nSPS) is 10.5. The van der Waals surface area contributed by atoms with E-state index in [1.54, 1.807) is 18.2 Å². The quantitative estimate of drug-likeness (QED) is 0.282. The summed E-state index contributed by atoms with van der Waals surface area (Å²) in [5.41, 5.74) is -0.0524. The molecule has 108 valence electrons. The molecule has 0 aromatic heterocycles. The number of carbonyl (C=O) groups is 2. The van der Waals surface area contributed by atoms with Gasteiger partial charge in [-0.05, 0) is 0 Å². The highest BCUT2D eigenvalue weighted by Crippen LogP contribution is 2.44. The molecule has 0 aliphatic carbocycles. The zero-order valence-corrected chi connectivity index (χ0v) is 13.9. The van der Waals surface area contributed by atoms with Crippen LogP contribution in [0.15, 0.2) is 30.3 Å². The van der Waals surface area contributed by atoms with Crippen LogP contribution >= 0.6 is 58.0 Å². The molecule has 21 heavy (non-hydrogen) atoms. The van der Waals surface area contributed by atoms with Gasteiger partial charge in [-0.2, -0.15) is 0 Å². The maximum Gasteiger partial charge on any atom is 0.236 e. The number of hydrogen-bond donors (Lipinski definition) is 0. The third-order valence-corrected chi connectivity index (χ3v) is 4.96. The highest BCUT2D eigenvalue weighted by atomic mass is 35.5. The first-order valence-electron chi connectivity index (χ1n) is 5.51. The van der Waals surface area contributed by atoms with Gasteiger partial charge in [0.25, 0.3) is 0 Å². The summed E-state index contributed by atoms with van der Waals surface area (Å²) in [5, 5.41) is -0.735. The van der Waals surface area contributed by atoms with Gasteiger partial charge in [-0.3, -0.25) is 9.59 Å². The van der Waals surface area contributed by atoms with Crippen molar-refractivity contribution in [2.45, 2.75) is 0 Å². The lowest BCUT2D eigenvalue weighted by Gasteiger charge is -2.11. The van der Waals surface area contributed by atoms with Crippen LogP contribution in [0.1, 0.15) is 20.7 Å². The van der Waals surface area contributed by atoms with Crippen molar-refractivity contribution in [2.75, 3.05) is 0 Å². The van der Waals surface area contributed by atoms with E-state index in [1.165, 1.54) is 12.1 Å². The van der Waals surface area contributed by atoms with E-state index in [0.717, 1.165) is 0 Å². The lowest BCUT2D eigenvalue weighted by atomic mass is 10.0. The van der Waals surface area contributed by atoms with Crippen molar-refractivity contribution in [3.05, 3.63) is 66.6 Å². The summed E-state index contributed by atoms with van der Waals surface area (Å²) in [4.78, 5) is 24.5.